The summed E-state index contributed by atoms with van der Waals surface area (Å²) in [5, 5.41) is 15.5. The highest BCUT2D eigenvalue weighted by atomic mass is 35.5. The summed E-state index contributed by atoms with van der Waals surface area (Å²) in [6.45, 7) is 1.82. The number of fused-ring (bicyclic) bond motifs is 1. The van der Waals surface area contributed by atoms with Crippen molar-refractivity contribution in [3.63, 3.8) is 0 Å². The Kier molecular flexibility index (Phi) is 4.58. The maximum Gasteiger partial charge on any atom is 0.409 e. The van der Waals surface area contributed by atoms with E-state index in [9.17, 15) is 9.59 Å². The highest BCUT2D eigenvalue weighted by molar-refractivity contribution is 6.31. The number of nitrogens with zero attached hydrogens (tertiary/aromatic N) is 1. The van der Waals surface area contributed by atoms with Gasteiger partial charge in [0.25, 0.3) is 5.56 Å². The zero-order chi connectivity index (χ0) is 18.0. The predicted molar refractivity (Wildman–Crippen MR) is 97.5 cm³/mol. The first-order valence-corrected chi connectivity index (χ1v) is 7.85. The summed E-state index contributed by atoms with van der Waals surface area (Å²) in [5.74, 6) is 0.448. The number of pyridine rings is 2. The molecule has 1 atom stereocenters. The smallest absolute Gasteiger partial charge is 0.409 e. The standard InChI is InChI=1S/C17H15ClN4O3/c1-9(20-15-8-12(4-5-19-15)21-17(24)25)13-7-10-6-11(18)2-3-14(10)22-16(13)23/h2-9H,1H3,(H,22,23)(H,24,25)(H2,19,20,21). The van der Waals surface area contributed by atoms with Crippen molar-refractivity contribution in [3.05, 3.63) is 63.5 Å². The number of rotatable bonds is 4. The van der Waals surface area contributed by atoms with E-state index in [1.165, 1.54) is 12.3 Å². The van der Waals surface area contributed by atoms with Gasteiger partial charge in [0.1, 0.15) is 5.82 Å². The number of carbonyl (C=O) groups is 1. The minimum atomic E-state index is -1.16. The van der Waals surface area contributed by atoms with Crippen molar-refractivity contribution in [1.29, 1.82) is 0 Å². The highest BCUT2D eigenvalue weighted by Crippen LogP contribution is 2.22. The molecule has 1 aromatic carbocycles. The number of hydrogen-bond donors (Lipinski definition) is 4. The predicted octanol–water partition coefficient (Wildman–Crippen LogP) is 3.84. The molecule has 1 amide bonds. The van der Waals surface area contributed by atoms with Crippen molar-refractivity contribution in [3.8, 4) is 0 Å². The number of carboxylic acid groups (broad SMARTS) is 1. The number of amides is 1. The fraction of sp³-hybridized carbons (Fsp3) is 0.118. The van der Waals surface area contributed by atoms with Gasteiger partial charge in [-0.3, -0.25) is 10.1 Å². The second-order valence-electron chi connectivity index (χ2n) is 5.51. The quantitative estimate of drug-likeness (QED) is 0.566. The van der Waals surface area contributed by atoms with E-state index in [-0.39, 0.29) is 11.6 Å². The molecule has 2 heterocycles. The van der Waals surface area contributed by atoms with Crippen LogP contribution >= 0.6 is 11.6 Å². The van der Waals surface area contributed by atoms with Gasteiger partial charge in [0.15, 0.2) is 0 Å². The fourth-order valence-electron chi connectivity index (χ4n) is 2.53. The molecule has 0 saturated heterocycles. The van der Waals surface area contributed by atoms with E-state index in [0.29, 0.717) is 27.6 Å². The normalized spacial score (nSPS) is 11.9. The highest BCUT2D eigenvalue weighted by Gasteiger charge is 2.12. The lowest BCUT2D eigenvalue weighted by molar-refractivity contribution is 0.210. The van der Waals surface area contributed by atoms with Crippen LogP contribution in [0.3, 0.4) is 0 Å². The Balaban J connectivity index is 1.89. The van der Waals surface area contributed by atoms with E-state index in [2.05, 4.69) is 20.6 Å². The monoisotopic (exact) mass is 358 g/mol. The van der Waals surface area contributed by atoms with Crippen molar-refractivity contribution in [2.75, 3.05) is 10.6 Å². The number of halogens is 1. The van der Waals surface area contributed by atoms with Crippen LogP contribution in [0.4, 0.5) is 16.3 Å². The van der Waals surface area contributed by atoms with Crippen LogP contribution in [-0.4, -0.2) is 21.2 Å². The van der Waals surface area contributed by atoms with Gasteiger partial charge in [-0.2, -0.15) is 0 Å². The van der Waals surface area contributed by atoms with Crippen LogP contribution in [0.2, 0.25) is 5.02 Å². The van der Waals surface area contributed by atoms with Crippen LogP contribution in [0.15, 0.2) is 47.4 Å². The molecule has 4 N–H and O–H groups in total. The molecule has 0 spiro atoms. The van der Waals surface area contributed by atoms with Crippen LogP contribution in [-0.2, 0) is 0 Å². The summed E-state index contributed by atoms with van der Waals surface area (Å²) in [6.07, 6.45) is 0.318. The number of anilines is 2. The SMILES string of the molecule is CC(Nc1cc(NC(=O)O)ccn1)c1cc2cc(Cl)ccc2[nH]c1=O. The van der Waals surface area contributed by atoms with E-state index in [0.717, 1.165) is 5.39 Å². The Morgan fingerprint density at radius 3 is 2.84 bits per heavy atom. The van der Waals surface area contributed by atoms with Crippen molar-refractivity contribution >= 4 is 40.1 Å². The Labute approximate surface area is 147 Å². The third-order valence-corrected chi connectivity index (χ3v) is 3.91. The number of aromatic amines is 1. The third kappa shape index (κ3) is 3.89. The van der Waals surface area contributed by atoms with Gasteiger partial charge in [-0.1, -0.05) is 11.6 Å². The van der Waals surface area contributed by atoms with Crippen molar-refractivity contribution in [1.82, 2.24) is 9.97 Å². The molecular weight excluding hydrogens is 344 g/mol. The lowest BCUT2D eigenvalue weighted by Crippen LogP contribution is -2.20. The number of benzene rings is 1. The molecular formula is C17H15ClN4O3. The van der Waals surface area contributed by atoms with E-state index in [1.807, 2.05) is 6.92 Å². The van der Waals surface area contributed by atoms with Gasteiger partial charge in [0, 0.05) is 39.4 Å². The summed E-state index contributed by atoms with van der Waals surface area (Å²) >= 11 is 6.01. The van der Waals surface area contributed by atoms with E-state index < -0.39 is 6.09 Å². The van der Waals surface area contributed by atoms with Crippen LogP contribution < -0.4 is 16.2 Å². The molecule has 0 saturated carbocycles. The molecule has 8 heteroatoms. The molecule has 3 rings (SSSR count). The fourth-order valence-corrected chi connectivity index (χ4v) is 2.71. The summed E-state index contributed by atoms with van der Waals surface area (Å²) in [7, 11) is 0. The van der Waals surface area contributed by atoms with E-state index in [1.54, 1.807) is 30.3 Å². The van der Waals surface area contributed by atoms with Gasteiger partial charge in [0.05, 0.1) is 6.04 Å². The van der Waals surface area contributed by atoms with Crippen molar-refractivity contribution in [2.45, 2.75) is 13.0 Å². The molecule has 0 fully saturated rings. The second-order valence-corrected chi connectivity index (χ2v) is 5.95. The van der Waals surface area contributed by atoms with Crippen molar-refractivity contribution < 1.29 is 9.90 Å². The summed E-state index contributed by atoms with van der Waals surface area (Å²) in [4.78, 5) is 30.0. The average molecular weight is 359 g/mol. The Morgan fingerprint density at radius 2 is 2.08 bits per heavy atom. The van der Waals surface area contributed by atoms with Gasteiger partial charge >= 0.3 is 6.09 Å². The summed E-state index contributed by atoms with van der Waals surface area (Å²) in [6, 6.07) is 9.76. The van der Waals surface area contributed by atoms with Gasteiger partial charge in [0.2, 0.25) is 0 Å². The lowest BCUT2D eigenvalue weighted by Gasteiger charge is -2.15. The number of H-pyrrole nitrogens is 1. The molecule has 3 aromatic rings. The molecule has 7 nitrogen and oxygen atoms in total. The first kappa shape index (κ1) is 16.8. The Hall–Kier alpha value is -3.06. The molecule has 25 heavy (non-hydrogen) atoms. The largest absolute Gasteiger partial charge is 0.465 e. The van der Waals surface area contributed by atoms with Gasteiger partial charge in [-0.25, -0.2) is 9.78 Å². The van der Waals surface area contributed by atoms with Gasteiger partial charge < -0.3 is 15.4 Å². The van der Waals surface area contributed by atoms with E-state index in [4.69, 9.17) is 16.7 Å². The van der Waals surface area contributed by atoms with E-state index >= 15 is 0 Å². The number of hydrogen-bond acceptors (Lipinski definition) is 4. The Bertz CT molecular complexity index is 1000. The maximum atomic E-state index is 12.3. The van der Waals surface area contributed by atoms with Crippen molar-refractivity contribution in [2.24, 2.45) is 0 Å². The minimum Gasteiger partial charge on any atom is -0.465 e. The first-order valence-electron chi connectivity index (χ1n) is 7.47. The van der Waals surface area contributed by atoms with Crippen LogP contribution in [0, 0.1) is 0 Å². The van der Waals surface area contributed by atoms with Gasteiger partial charge in [-0.15, -0.1) is 0 Å². The number of nitrogens with one attached hydrogen (secondary N) is 3. The number of aromatic nitrogens is 2. The van der Waals surface area contributed by atoms with Crippen LogP contribution in [0.25, 0.3) is 10.9 Å². The molecule has 0 bridgehead atoms. The molecule has 0 aliphatic rings. The topological polar surface area (TPSA) is 107 Å². The molecule has 128 valence electrons. The van der Waals surface area contributed by atoms with Crippen LogP contribution in [0.1, 0.15) is 18.5 Å². The zero-order valence-electron chi connectivity index (χ0n) is 13.2. The Morgan fingerprint density at radius 1 is 1.28 bits per heavy atom. The summed E-state index contributed by atoms with van der Waals surface area (Å²) in [5.41, 5.74) is 1.40. The molecule has 2 aromatic heterocycles. The lowest BCUT2D eigenvalue weighted by atomic mass is 10.1. The second kappa shape index (κ2) is 6.82. The molecule has 1 unspecified atom stereocenters. The maximum absolute atomic E-state index is 12.3. The molecule has 0 aliphatic carbocycles. The average Bonchev–Trinajstić information content (AvgIpc) is 2.54. The molecule has 0 aliphatic heterocycles. The minimum absolute atomic E-state index is 0.213. The summed E-state index contributed by atoms with van der Waals surface area (Å²) < 4.78 is 0. The third-order valence-electron chi connectivity index (χ3n) is 3.68. The van der Waals surface area contributed by atoms with Crippen LogP contribution in [0.5, 0.6) is 0 Å². The zero-order valence-corrected chi connectivity index (χ0v) is 14.0. The van der Waals surface area contributed by atoms with Gasteiger partial charge in [-0.05, 0) is 37.3 Å². The molecule has 0 radical (unpaired) electrons. The first-order chi connectivity index (χ1) is 11.9.